The number of aromatic nitrogens is 1. The van der Waals surface area contributed by atoms with Crippen molar-refractivity contribution >= 4 is 28.2 Å². The van der Waals surface area contributed by atoms with E-state index in [1.807, 2.05) is 30.3 Å². The fourth-order valence-electron chi connectivity index (χ4n) is 1.71. The van der Waals surface area contributed by atoms with Gasteiger partial charge in [0, 0.05) is 11.9 Å². The molecule has 1 heterocycles. The van der Waals surface area contributed by atoms with E-state index >= 15 is 0 Å². The minimum atomic E-state index is 0.0400. The smallest absolute Gasteiger partial charge is 0.135 e. The Bertz CT molecular complexity index is 519. The summed E-state index contributed by atoms with van der Waals surface area (Å²) in [7, 11) is 0. The number of halogens is 1. The third-order valence-electron chi connectivity index (χ3n) is 2.48. The number of aliphatic hydroxyl groups is 1. The first-order valence-corrected chi connectivity index (χ1v) is 6.17. The fourth-order valence-corrected chi connectivity index (χ4v) is 1.91. The van der Waals surface area contributed by atoms with E-state index in [9.17, 15) is 0 Å². The lowest BCUT2D eigenvalue weighted by Gasteiger charge is -2.09. The zero-order valence-electron chi connectivity index (χ0n) is 9.90. The molecule has 0 bridgehead atoms. The van der Waals surface area contributed by atoms with Crippen molar-refractivity contribution < 1.29 is 9.84 Å². The highest BCUT2D eigenvalue weighted by molar-refractivity contribution is 6.30. The summed E-state index contributed by atoms with van der Waals surface area (Å²) in [6, 6.07) is 9.76. The number of nitrogens with one attached hydrogen (secondary N) is 1. The summed E-state index contributed by atoms with van der Waals surface area (Å²) in [5, 5.41) is 14.3. The lowest BCUT2D eigenvalue weighted by Crippen LogP contribution is -2.12. The number of pyridine rings is 1. The van der Waals surface area contributed by atoms with Crippen LogP contribution in [0.1, 0.15) is 0 Å². The molecule has 0 saturated carbocycles. The molecule has 18 heavy (non-hydrogen) atoms. The Labute approximate surface area is 111 Å². The van der Waals surface area contributed by atoms with Crippen LogP contribution < -0.4 is 5.32 Å². The summed E-state index contributed by atoms with van der Waals surface area (Å²) in [5.41, 5.74) is 0. The molecule has 5 heteroatoms. The Morgan fingerprint density at radius 2 is 2.11 bits per heavy atom. The van der Waals surface area contributed by atoms with Gasteiger partial charge in [0.15, 0.2) is 0 Å². The molecule has 0 unspecified atom stereocenters. The molecule has 1 aromatic carbocycles. The maximum atomic E-state index is 8.59. The Morgan fingerprint density at radius 3 is 2.94 bits per heavy atom. The van der Waals surface area contributed by atoms with Gasteiger partial charge in [0.25, 0.3) is 0 Å². The standard InChI is InChI=1S/C13H15ClN2O2/c14-12-9-10-3-1-2-4-11(10)13(16-12)15-5-7-18-8-6-17/h1-4,9,17H,5-8H2,(H,15,16). The van der Waals surface area contributed by atoms with E-state index in [2.05, 4.69) is 10.3 Å². The Morgan fingerprint density at radius 1 is 1.28 bits per heavy atom. The van der Waals surface area contributed by atoms with Gasteiger partial charge in [-0.15, -0.1) is 0 Å². The van der Waals surface area contributed by atoms with Gasteiger partial charge in [-0.3, -0.25) is 0 Å². The number of fused-ring (bicyclic) bond motifs is 1. The molecule has 0 amide bonds. The maximum Gasteiger partial charge on any atom is 0.135 e. The highest BCUT2D eigenvalue weighted by Gasteiger charge is 2.03. The van der Waals surface area contributed by atoms with Crippen LogP contribution in [0.15, 0.2) is 30.3 Å². The number of aliphatic hydroxyl groups excluding tert-OH is 1. The van der Waals surface area contributed by atoms with Crippen LogP contribution in [-0.2, 0) is 4.74 Å². The molecule has 0 radical (unpaired) electrons. The minimum absolute atomic E-state index is 0.0400. The summed E-state index contributed by atoms with van der Waals surface area (Å²) >= 11 is 5.97. The average Bonchev–Trinajstić information content (AvgIpc) is 2.38. The second-order valence-electron chi connectivity index (χ2n) is 3.78. The third kappa shape index (κ3) is 3.32. The molecule has 0 saturated heterocycles. The topological polar surface area (TPSA) is 54.4 Å². The molecule has 0 fully saturated rings. The van der Waals surface area contributed by atoms with Crippen LogP contribution >= 0.6 is 11.6 Å². The van der Waals surface area contributed by atoms with Crippen LogP contribution in [0.5, 0.6) is 0 Å². The highest BCUT2D eigenvalue weighted by atomic mass is 35.5. The summed E-state index contributed by atoms with van der Waals surface area (Å²) in [5.74, 6) is 0.755. The number of hydrogen-bond acceptors (Lipinski definition) is 4. The quantitative estimate of drug-likeness (QED) is 0.622. The molecule has 2 aromatic rings. The lowest BCUT2D eigenvalue weighted by molar-refractivity contribution is 0.0992. The van der Waals surface area contributed by atoms with E-state index in [0.29, 0.717) is 24.9 Å². The summed E-state index contributed by atoms with van der Waals surface area (Å²) in [4.78, 5) is 4.27. The van der Waals surface area contributed by atoms with Crippen molar-refractivity contribution in [2.45, 2.75) is 0 Å². The number of anilines is 1. The zero-order chi connectivity index (χ0) is 12.8. The van der Waals surface area contributed by atoms with E-state index in [0.717, 1.165) is 16.6 Å². The Hall–Kier alpha value is -1.36. The Kier molecular flexibility index (Phi) is 4.75. The molecule has 0 spiro atoms. The van der Waals surface area contributed by atoms with Gasteiger partial charge in [0.2, 0.25) is 0 Å². The molecular weight excluding hydrogens is 252 g/mol. The number of nitrogens with zero attached hydrogens (tertiary/aromatic N) is 1. The molecule has 2 N–H and O–H groups in total. The van der Waals surface area contributed by atoms with Crippen molar-refractivity contribution in [1.82, 2.24) is 4.98 Å². The number of ether oxygens (including phenoxy) is 1. The van der Waals surface area contributed by atoms with Crippen LogP contribution in [0.4, 0.5) is 5.82 Å². The SMILES string of the molecule is OCCOCCNc1nc(Cl)cc2ccccc12. The van der Waals surface area contributed by atoms with Crippen LogP contribution in [0.2, 0.25) is 5.15 Å². The average molecular weight is 267 g/mol. The monoisotopic (exact) mass is 266 g/mol. The van der Waals surface area contributed by atoms with Crippen LogP contribution in [0.25, 0.3) is 10.8 Å². The zero-order valence-corrected chi connectivity index (χ0v) is 10.7. The van der Waals surface area contributed by atoms with Gasteiger partial charge in [0.1, 0.15) is 11.0 Å². The van der Waals surface area contributed by atoms with Gasteiger partial charge in [-0.25, -0.2) is 4.98 Å². The van der Waals surface area contributed by atoms with Gasteiger partial charge in [-0.1, -0.05) is 35.9 Å². The van der Waals surface area contributed by atoms with Crippen LogP contribution in [0.3, 0.4) is 0 Å². The summed E-state index contributed by atoms with van der Waals surface area (Å²) in [6.45, 7) is 1.53. The largest absolute Gasteiger partial charge is 0.394 e. The van der Waals surface area contributed by atoms with Crippen molar-refractivity contribution in [1.29, 1.82) is 0 Å². The predicted octanol–water partition coefficient (Wildman–Crippen LogP) is 2.31. The third-order valence-corrected chi connectivity index (χ3v) is 2.68. The van der Waals surface area contributed by atoms with Gasteiger partial charge >= 0.3 is 0 Å². The van der Waals surface area contributed by atoms with Crippen LogP contribution in [-0.4, -0.2) is 36.5 Å². The predicted molar refractivity (Wildman–Crippen MR) is 73.1 cm³/mol. The second kappa shape index (κ2) is 6.54. The van der Waals surface area contributed by atoms with E-state index in [1.165, 1.54) is 0 Å². The molecule has 2 rings (SSSR count). The number of benzene rings is 1. The summed E-state index contributed by atoms with van der Waals surface area (Å²) in [6.07, 6.45) is 0. The van der Waals surface area contributed by atoms with Crippen molar-refractivity contribution in [3.05, 3.63) is 35.5 Å². The normalized spacial score (nSPS) is 10.8. The highest BCUT2D eigenvalue weighted by Crippen LogP contribution is 2.24. The minimum Gasteiger partial charge on any atom is -0.394 e. The van der Waals surface area contributed by atoms with Crippen molar-refractivity contribution in [3.8, 4) is 0 Å². The Balaban J connectivity index is 2.07. The number of rotatable bonds is 6. The van der Waals surface area contributed by atoms with Gasteiger partial charge in [-0.2, -0.15) is 0 Å². The van der Waals surface area contributed by atoms with Gasteiger partial charge < -0.3 is 15.2 Å². The molecule has 0 aliphatic rings. The first-order valence-electron chi connectivity index (χ1n) is 5.79. The lowest BCUT2D eigenvalue weighted by atomic mass is 10.1. The van der Waals surface area contributed by atoms with Gasteiger partial charge in [-0.05, 0) is 11.5 Å². The molecule has 1 aromatic heterocycles. The number of hydrogen-bond donors (Lipinski definition) is 2. The van der Waals surface area contributed by atoms with Crippen molar-refractivity contribution in [2.75, 3.05) is 31.7 Å². The molecular formula is C13H15ClN2O2. The second-order valence-corrected chi connectivity index (χ2v) is 4.16. The van der Waals surface area contributed by atoms with Gasteiger partial charge in [0.05, 0.1) is 19.8 Å². The van der Waals surface area contributed by atoms with Crippen LogP contribution in [0, 0.1) is 0 Å². The van der Waals surface area contributed by atoms with E-state index in [-0.39, 0.29) is 6.61 Å². The first kappa shape index (κ1) is 13.1. The molecule has 0 aliphatic carbocycles. The summed E-state index contributed by atoms with van der Waals surface area (Å²) < 4.78 is 5.17. The fraction of sp³-hybridized carbons (Fsp3) is 0.308. The van der Waals surface area contributed by atoms with E-state index in [1.54, 1.807) is 0 Å². The van der Waals surface area contributed by atoms with Crippen molar-refractivity contribution in [2.24, 2.45) is 0 Å². The molecule has 4 nitrogen and oxygen atoms in total. The molecule has 0 aliphatic heterocycles. The first-order chi connectivity index (χ1) is 8.81. The van der Waals surface area contributed by atoms with Crippen molar-refractivity contribution in [3.63, 3.8) is 0 Å². The van der Waals surface area contributed by atoms with E-state index < -0.39 is 0 Å². The van der Waals surface area contributed by atoms with E-state index in [4.69, 9.17) is 21.4 Å². The molecule has 0 atom stereocenters. The molecule has 96 valence electrons. The maximum absolute atomic E-state index is 8.59.